The molecule has 0 aromatic heterocycles. The fraction of sp³-hybridized carbons (Fsp3) is 0.533. The average Bonchev–Trinajstić information content (AvgIpc) is 2.84. The average molecular weight is 266 g/mol. The molecule has 0 amide bonds. The lowest BCUT2D eigenvalue weighted by atomic mass is 10.1. The quantitative estimate of drug-likeness (QED) is 0.758. The number of benzene rings is 1. The number of carbonyl (C=O) groups is 1. The summed E-state index contributed by atoms with van der Waals surface area (Å²) in [5.41, 5.74) is 0.658. The number of Topliss-reactive ketones (excluding diaryl/α,β-unsaturated/α-hetero) is 1. The third kappa shape index (κ3) is 3.33. The van der Waals surface area contributed by atoms with Crippen LogP contribution in [-0.4, -0.2) is 30.3 Å². The van der Waals surface area contributed by atoms with Crippen LogP contribution in [0.3, 0.4) is 0 Å². The van der Waals surface area contributed by atoms with E-state index in [1.54, 1.807) is 6.07 Å². The first-order valence-corrected chi connectivity index (χ1v) is 7.08. The molecule has 0 N–H and O–H groups in total. The number of ketones is 1. The normalized spacial score (nSPS) is 20.2. The number of carbonyl (C=O) groups excluding carboxylic acids is 1. The molecule has 0 saturated carbocycles. The van der Waals surface area contributed by atoms with Crippen molar-refractivity contribution in [2.45, 2.75) is 26.2 Å². The van der Waals surface area contributed by atoms with Crippen LogP contribution in [0.25, 0.3) is 0 Å². The highest BCUT2D eigenvalue weighted by Crippen LogP contribution is 2.20. The van der Waals surface area contributed by atoms with Crippen LogP contribution in [0, 0.1) is 5.92 Å². The lowest BCUT2D eigenvalue weighted by Gasteiger charge is -2.15. The highest BCUT2D eigenvalue weighted by atomic mass is 35.5. The van der Waals surface area contributed by atoms with Crippen molar-refractivity contribution >= 4 is 17.4 Å². The minimum atomic E-state index is 0.153. The molecule has 18 heavy (non-hydrogen) atoms. The number of likely N-dealkylation sites (tertiary alicyclic amines) is 1. The molecule has 1 aliphatic rings. The van der Waals surface area contributed by atoms with Crippen LogP contribution in [0.5, 0.6) is 0 Å². The molecule has 98 valence electrons. The molecule has 1 aliphatic heterocycles. The van der Waals surface area contributed by atoms with Crippen molar-refractivity contribution in [3.63, 3.8) is 0 Å². The third-order valence-corrected chi connectivity index (χ3v) is 4.11. The summed E-state index contributed by atoms with van der Waals surface area (Å²) < 4.78 is 0. The summed E-state index contributed by atoms with van der Waals surface area (Å²) in [4.78, 5) is 14.5. The fourth-order valence-electron chi connectivity index (χ4n) is 2.53. The smallest absolute Gasteiger partial charge is 0.165 e. The van der Waals surface area contributed by atoms with Gasteiger partial charge in [0, 0.05) is 25.1 Å². The van der Waals surface area contributed by atoms with Crippen LogP contribution in [0.4, 0.5) is 0 Å². The van der Waals surface area contributed by atoms with Gasteiger partial charge in [-0.2, -0.15) is 0 Å². The van der Waals surface area contributed by atoms with Crippen LogP contribution in [0.2, 0.25) is 5.02 Å². The molecule has 0 aliphatic carbocycles. The topological polar surface area (TPSA) is 20.3 Å². The predicted octanol–water partition coefficient (Wildman–Crippen LogP) is 3.64. The molecule has 0 radical (unpaired) electrons. The molecular formula is C15H20ClNO. The van der Waals surface area contributed by atoms with Gasteiger partial charge in [-0.1, -0.05) is 37.1 Å². The summed E-state index contributed by atoms with van der Waals surface area (Å²) in [7, 11) is 0. The first kappa shape index (κ1) is 13.6. The van der Waals surface area contributed by atoms with Crippen LogP contribution in [0.1, 0.15) is 36.5 Å². The fourth-order valence-corrected chi connectivity index (χ4v) is 2.77. The first-order chi connectivity index (χ1) is 8.70. The second-order valence-corrected chi connectivity index (χ2v) is 5.42. The molecule has 2 nitrogen and oxygen atoms in total. The Morgan fingerprint density at radius 2 is 2.22 bits per heavy atom. The van der Waals surface area contributed by atoms with E-state index in [9.17, 15) is 4.79 Å². The van der Waals surface area contributed by atoms with Crippen LogP contribution < -0.4 is 0 Å². The predicted molar refractivity (Wildman–Crippen MR) is 75.2 cm³/mol. The molecule has 0 spiro atoms. The van der Waals surface area contributed by atoms with Crippen LogP contribution in [-0.2, 0) is 0 Å². The van der Waals surface area contributed by atoms with Gasteiger partial charge in [-0.25, -0.2) is 0 Å². The van der Waals surface area contributed by atoms with E-state index in [1.165, 1.54) is 12.8 Å². The summed E-state index contributed by atoms with van der Waals surface area (Å²) in [5, 5.41) is 0.565. The summed E-state index contributed by atoms with van der Waals surface area (Å²) in [6, 6.07) is 7.30. The lowest BCUT2D eigenvalue weighted by molar-refractivity contribution is 0.0968. The van der Waals surface area contributed by atoms with E-state index in [-0.39, 0.29) is 5.78 Å². The van der Waals surface area contributed by atoms with Gasteiger partial charge in [0.2, 0.25) is 0 Å². The maximum absolute atomic E-state index is 12.1. The van der Waals surface area contributed by atoms with Gasteiger partial charge >= 0.3 is 0 Å². The lowest BCUT2D eigenvalue weighted by Crippen LogP contribution is -2.24. The Hall–Kier alpha value is -0.860. The summed E-state index contributed by atoms with van der Waals surface area (Å²) in [5.74, 6) is 0.973. The number of hydrogen-bond donors (Lipinski definition) is 0. The summed E-state index contributed by atoms with van der Waals surface area (Å²) in [6.07, 6.45) is 3.09. The minimum Gasteiger partial charge on any atom is -0.303 e. The first-order valence-electron chi connectivity index (χ1n) is 6.70. The Morgan fingerprint density at radius 1 is 1.44 bits per heavy atom. The number of hydrogen-bond acceptors (Lipinski definition) is 2. The Balaban J connectivity index is 1.84. The molecule has 0 bridgehead atoms. The van der Waals surface area contributed by atoms with E-state index in [0.717, 1.165) is 25.6 Å². The highest BCUT2D eigenvalue weighted by molar-refractivity contribution is 6.33. The van der Waals surface area contributed by atoms with Gasteiger partial charge in [0.25, 0.3) is 0 Å². The van der Waals surface area contributed by atoms with Crippen molar-refractivity contribution in [1.82, 2.24) is 4.90 Å². The second-order valence-electron chi connectivity index (χ2n) is 5.02. The molecular weight excluding hydrogens is 246 g/mol. The van der Waals surface area contributed by atoms with E-state index >= 15 is 0 Å². The number of rotatable bonds is 5. The van der Waals surface area contributed by atoms with Gasteiger partial charge in [0.1, 0.15) is 0 Å². The van der Waals surface area contributed by atoms with Crippen molar-refractivity contribution in [1.29, 1.82) is 0 Å². The zero-order valence-corrected chi connectivity index (χ0v) is 11.6. The largest absolute Gasteiger partial charge is 0.303 e. The zero-order chi connectivity index (χ0) is 13.0. The minimum absolute atomic E-state index is 0.153. The van der Waals surface area contributed by atoms with Gasteiger partial charge in [0.05, 0.1) is 5.02 Å². The molecule has 1 atom stereocenters. The molecule has 2 rings (SSSR count). The number of halogens is 1. The Labute approximate surface area is 114 Å². The zero-order valence-electron chi connectivity index (χ0n) is 10.9. The molecule has 1 fully saturated rings. The second kappa shape index (κ2) is 6.35. The third-order valence-electron chi connectivity index (χ3n) is 3.78. The Kier molecular flexibility index (Phi) is 4.79. The molecule has 1 unspecified atom stereocenters. The van der Waals surface area contributed by atoms with Gasteiger partial charge in [-0.05, 0) is 31.0 Å². The van der Waals surface area contributed by atoms with E-state index < -0.39 is 0 Å². The van der Waals surface area contributed by atoms with Gasteiger partial charge < -0.3 is 4.90 Å². The highest BCUT2D eigenvalue weighted by Gasteiger charge is 2.21. The van der Waals surface area contributed by atoms with Gasteiger partial charge in [-0.15, -0.1) is 0 Å². The summed E-state index contributed by atoms with van der Waals surface area (Å²) in [6.45, 7) is 5.38. The van der Waals surface area contributed by atoms with Crippen molar-refractivity contribution in [2.75, 3.05) is 19.6 Å². The molecule has 1 saturated heterocycles. The van der Waals surface area contributed by atoms with Crippen LogP contribution in [0.15, 0.2) is 24.3 Å². The van der Waals surface area contributed by atoms with Gasteiger partial charge in [-0.3, -0.25) is 4.79 Å². The maximum atomic E-state index is 12.1. The van der Waals surface area contributed by atoms with E-state index in [4.69, 9.17) is 11.6 Å². The maximum Gasteiger partial charge on any atom is 0.165 e. The van der Waals surface area contributed by atoms with E-state index in [1.807, 2.05) is 18.2 Å². The monoisotopic (exact) mass is 265 g/mol. The van der Waals surface area contributed by atoms with Crippen molar-refractivity contribution in [3.05, 3.63) is 34.9 Å². The van der Waals surface area contributed by atoms with Crippen molar-refractivity contribution in [2.24, 2.45) is 5.92 Å². The van der Waals surface area contributed by atoms with E-state index in [2.05, 4.69) is 11.8 Å². The molecule has 1 aromatic rings. The SMILES string of the molecule is CCC1CCN(CCC(=O)c2ccccc2Cl)C1. The van der Waals surface area contributed by atoms with E-state index in [0.29, 0.717) is 17.0 Å². The molecule has 1 aromatic carbocycles. The van der Waals surface area contributed by atoms with Crippen molar-refractivity contribution in [3.8, 4) is 0 Å². The van der Waals surface area contributed by atoms with Crippen LogP contribution >= 0.6 is 11.6 Å². The Bertz CT molecular complexity index is 419. The standard InChI is InChI=1S/C15H20ClNO/c1-2-12-7-9-17(11-12)10-8-15(18)13-5-3-4-6-14(13)16/h3-6,12H,2,7-11H2,1H3. The number of nitrogens with zero attached hydrogens (tertiary/aromatic N) is 1. The summed E-state index contributed by atoms with van der Waals surface area (Å²) >= 11 is 6.03. The molecule has 1 heterocycles. The molecule has 3 heteroatoms. The van der Waals surface area contributed by atoms with Gasteiger partial charge in [0.15, 0.2) is 5.78 Å². The van der Waals surface area contributed by atoms with Crippen molar-refractivity contribution < 1.29 is 4.79 Å². The Morgan fingerprint density at radius 3 is 2.89 bits per heavy atom.